The fraction of sp³-hybridized carbons (Fsp3) is 0.292. The summed E-state index contributed by atoms with van der Waals surface area (Å²) in [4.78, 5) is 18.9. The van der Waals surface area contributed by atoms with Gasteiger partial charge in [0.15, 0.2) is 23.0 Å². The van der Waals surface area contributed by atoms with Gasteiger partial charge in [-0.25, -0.2) is 4.98 Å². The lowest BCUT2D eigenvalue weighted by molar-refractivity contribution is 0.122. The van der Waals surface area contributed by atoms with Crippen LogP contribution < -0.4 is 29.7 Å². The van der Waals surface area contributed by atoms with Gasteiger partial charge in [0.2, 0.25) is 11.7 Å². The highest BCUT2D eigenvalue weighted by Gasteiger charge is 2.16. The summed E-state index contributed by atoms with van der Waals surface area (Å²) in [6.07, 6.45) is 1.58. The molecular formula is C24H27N7O4. The largest absolute Gasteiger partial charge is 0.493 e. The fourth-order valence-corrected chi connectivity index (χ4v) is 3.98. The molecule has 11 nitrogen and oxygen atoms in total. The van der Waals surface area contributed by atoms with Crippen LogP contribution in [0.5, 0.6) is 17.2 Å². The molecule has 2 aromatic heterocycles. The fourth-order valence-electron chi connectivity index (χ4n) is 3.98. The third-order valence-electron chi connectivity index (χ3n) is 5.71. The molecular weight excluding hydrogens is 450 g/mol. The molecule has 0 radical (unpaired) electrons. The molecule has 0 spiro atoms. The molecule has 1 saturated heterocycles. The zero-order valence-corrected chi connectivity index (χ0v) is 19.8. The maximum Gasteiger partial charge on any atom is 0.231 e. The minimum Gasteiger partial charge on any atom is -0.493 e. The van der Waals surface area contributed by atoms with Gasteiger partial charge in [0.1, 0.15) is 5.52 Å². The van der Waals surface area contributed by atoms with E-state index in [0.29, 0.717) is 45.9 Å². The molecule has 1 fully saturated rings. The van der Waals surface area contributed by atoms with Crippen molar-refractivity contribution >= 4 is 40.0 Å². The zero-order valence-electron chi connectivity index (χ0n) is 19.8. The molecule has 0 unspecified atom stereocenters. The lowest BCUT2D eigenvalue weighted by Gasteiger charge is -2.28. The van der Waals surface area contributed by atoms with Crippen molar-refractivity contribution in [3.8, 4) is 17.2 Å². The summed E-state index contributed by atoms with van der Waals surface area (Å²) < 4.78 is 21.8. The Morgan fingerprint density at radius 3 is 2.26 bits per heavy atom. The van der Waals surface area contributed by atoms with Crippen molar-refractivity contribution in [3.63, 3.8) is 0 Å². The van der Waals surface area contributed by atoms with Crippen LogP contribution in [0, 0.1) is 0 Å². The summed E-state index contributed by atoms with van der Waals surface area (Å²) in [5.41, 5.74) is 3.94. The molecule has 1 aliphatic rings. The smallest absolute Gasteiger partial charge is 0.231 e. The standard InChI is InChI=1S/C24H27N7O4/c1-32-18-12-16(13-19(33-2)21(18)34-3)27-23-20-22(26-14-25-20)29-24(30-23)28-15-4-6-17(7-5-15)31-8-10-35-11-9-31/h4-7,12-14H,8-11H2,1-3H3,(H3,25,26,27,28,29,30). The minimum absolute atomic E-state index is 0.415. The Hall–Kier alpha value is -4.25. The van der Waals surface area contributed by atoms with Crippen LogP contribution in [0.2, 0.25) is 0 Å². The molecule has 5 rings (SSSR count). The van der Waals surface area contributed by atoms with Crippen molar-refractivity contribution in [2.24, 2.45) is 0 Å². The number of benzene rings is 2. The average Bonchev–Trinajstić information content (AvgIpc) is 3.38. The molecule has 2 aromatic carbocycles. The van der Waals surface area contributed by atoms with Crippen LogP contribution in [0.15, 0.2) is 42.7 Å². The number of rotatable bonds is 8. The number of fused-ring (bicyclic) bond motifs is 1. The number of methoxy groups -OCH3 is 3. The number of anilines is 5. The number of H-pyrrole nitrogens is 1. The minimum atomic E-state index is 0.415. The number of nitrogens with one attached hydrogen (secondary N) is 3. The van der Waals surface area contributed by atoms with Crippen molar-refractivity contribution in [3.05, 3.63) is 42.7 Å². The monoisotopic (exact) mass is 477 g/mol. The van der Waals surface area contributed by atoms with Gasteiger partial charge < -0.3 is 39.5 Å². The highest BCUT2D eigenvalue weighted by atomic mass is 16.5. The predicted molar refractivity (Wildman–Crippen MR) is 134 cm³/mol. The van der Waals surface area contributed by atoms with Gasteiger partial charge in [0.05, 0.1) is 40.9 Å². The average molecular weight is 478 g/mol. The highest BCUT2D eigenvalue weighted by Crippen LogP contribution is 2.41. The Balaban J connectivity index is 1.41. The maximum atomic E-state index is 5.47. The topological polar surface area (TPSA) is 119 Å². The Bertz CT molecular complexity index is 1280. The number of ether oxygens (including phenoxy) is 4. The third kappa shape index (κ3) is 4.71. The Morgan fingerprint density at radius 2 is 1.60 bits per heavy atom. The molecule has 0 atom stereocenters. The second kappa shape index (κ2) is 9.94. The van der Waals surface area contributed by atoms with E-state index in [2.05, 4.69) is 47.6 Å². The van der Waals surface area contributed by atoms with E-state index < -0.39 is 0 Å². The molecule has 3 heterocycles. The van der Waals surface area contributed by atoms with Gasteiger partial charge in [0.25, 0.3) is 0 Å². The summed E-state index contributed by atoms with van der Waals surface area (Å²) in [5.74, 6) is 2.54. The molecule has 3 N–H and O–H groups in total. The molecule has 182 valence electrons. The highest BCUT2D eigenvalue weighted by molar-refractivity contribution is 5.87. The first kappa shape index (κ1) is 22.5. The lowest BCUT2D eigenvalue weighted by Crippen LogP contribution is -2.36. The van der Waals surface area contributed by atoms with Gasteiger partial charge >= 0.3 is 0 Å². The molecule has 0 aliphatic carbocycles. The van der Waals surface area contributed by atoms with Crippen molar-refractivity contribution in [1.82, 2.24) is 19.9 Å². The van der Waals surface area contributed by atoms with E-state index >= 15 is 0 Å². The molecule has 0 saturated carbocycles. The number of aromatic nitrogens is 4. The summed E-state index contributed by atoms with van der Waals surface area (Å²) in [6, 6.07) is 11.8. The van der Waals surface area contributed by atoms with Crippen LogP contribution in [-0.2, 0) is 4.74 Å². The van der Waals surface area contributed by atoms with E-state index in [9.17, 15) is 0 Å². The van der Waals surface area contributed by atoms with Crippen LogP contribution in [0.3, 0.4) is 0 Å². The van der Waals surface area contributed by atoms with E-state index in [1.165, 1.54) is 0 Å². The van der Waals surface area contributed by atoms with Gasteiger partial charge in [-0.3, -0.25) is 0 Å². The van der Waals surface area contributed by atoms with E-state index in [4.69, 9.17) is 18.9 Å². The number of morpholine rings is 1. The first-order chi connectivity index (χ1) is 17.2. The first-order valence-corrected chi connectivity index (χ1v) is 11.2. The van der Waals surface area contributed by atoms with Crippen molar-refractivity contribution in [1.29, 1.82) is 0 Å². The first-order valence-electron chi connectivity index (χ1n) is 11.2. The molecule has 4 aromatic rings. The normalized spacial score (nSPS) is 13.5. The Morgan fingerprint density at radius 1 is 0.886 bits per heavy atom. The van der Waals surface area contributed by atoms with Gasteiger partial charge in [-0.2, -0.15) is 9.97 Å². The molecule has 11 heteroatoms. The summed E-state index contributed by atoms with van der Waals surface area (Å²) >= 11 is 0. The van der Waals surface area contributed by atoms with Gasteiger partial charge in [-0.15, -0.1) is 0 Å². The summed E-state index contributed by atoms with van der Waals surface area (Å²) in [5, 5.41) is 6.59. The number of hydrogen-bond acceptors (Lipinski definition) is 10. The molecule has 0 bridgehead atoms. The Kier molecular flexibility index (Phi) is 6.40. The molecule has 35 heavy (non-hydrogen) atoms. The molecule has 0 amide bonds. The van der Waals surface area contributed by atoms with Crippen molar-refractivity contribution < 1.29 is 18.9 Å². The van der Waals surface area contributed by atoms with E-state index in [-0.39, 0.29) is 0 Å². The number of aromatic amines is 1. The van der Waals surface area contributed by atoms with E-state index in [0.717, 1.165) is 37.7 Å². The van der Waals surface area contributed by atoms with E-state index in [1.54, 1.807) is 27.7 Å². The number of hydrogen-bond donors (Lipinski definition) is 3. The van der Waals surface area contributed by atoms with Crippen LogP contribution >= 0.6 is 0 Å². The van der Waals surface area contributed by atoms with Gasteiger partial charge in [-0.05, 0) is 24.3 Å². The second-order valence-electron chi connectivity index (χ2n) is 7.81. The van der Waals surface area contributed by atoms with Crippen LogP contribution in [0.25, 0.3) is 11.2 Å². The zero-order chi connectivity index (χ0) is 24.2. The SMILES string of the molecule is COc1cc(Nc2nc(Nc3ccc(N4CCOCC4)cc3)nc3nc[nH]c23)cc(OC)c1OC. The van der Waals surface area contributed by atoms with Gasteiger partial charge in [-0.1, -0.05) is 0 Å². The lowest BCUT2D eigenvalue weighted by atomic mass is 10.2. The van der Waals surface area contributed by atoms with Crippen LogP contribution in [-0.4, -0.2) is 67.6 Å². The maximum absolute atomic E-state index is 5.47. The Labute approximate surface area is 202 Å². The van der Waals surface area contributed by atoms with Crippen molar-refractivity contribution in [2.75, 3.05) is 63.2 Å². The number of imidazole rings is 1. The van der Waals surface area contributed by atoms with Crippen molar-refractivity contribution in [2.45, 2.75) is 0 Å². The third-order valence-corrected chi connectivity index (χ3v) is 5.71. The van der Waals surface area contributed by atoms with E-state index in [1.807, 2.05) is 24.3 Å². The molecule has 1 aliphatic heterocycles. The van der Waals surface area contributed by atoms with Gasteiger partial charge in [0, 0.05) is 42.3 Å². The van der Waals surface area contributed by atoms with Crippen LogP contribution in [0.4, 0.5) is 28.8 Å². The summed E-state index contributed by atoms with van der Waals surface area (Å²) in [7, 11) is 4.72. The quantitative estimate of drug-likeness (QED) is 0.347. The summed E-state index contributed by atoms with van der Waals surface area (Å²) in [6.45, 7) is 3.28. The van der Waals surface area contributed by atoms with Crippen LogP contribution in [0.1, 0.15) is 0 Å². The second-order valence-corrected chi connectivity index (χ2v) is 7.81. The predicted octanol–water partition coefficient (Wildman–Crippen LogP) is 3.70. The number of nitrogens with zero attached hydrogens (tertiary/aromatic N) is 4.